The number of aryl methyl sites for hydroxylation is 1. The highest BCUT2D eigenvalue weighted by atomic mass is 16.2. The molecule has 1 aromatic carbocycles. The van der Waals surface area contributed by atoms with E-state index in [1.807, 2.05) is 49.1 Å². The Hall–Kier alpha value is -3.20. The van der Waals surface area contributed by atoms with Crippen molar-refractivity contribution in [2.75, 3.05) is 39.3 Å². The number of hydrogen-bond acceptors (Lipinski definition) is 5. The van der Waals surface area contributed by atoms with Crippen molar-refractivity contribution in [3.05, 3.63) is 53.3 Å². The number of benzene rings is 1. The van der Waals surface area contributed by atoms with Crippen LogP contribution >= 0.6 is 0 Å². The van der Waals surface area contributed by atoms with Gasteiger partial charge in [-0.3, -0.25) is 19.1 Å². The molecule has 0 radical (unpaired) electrons. The zero-order valence-corrected chi connectivity index (χ0v) is 20.9. The maximum Gasteiger partial charge on any atom is 0.272 e. The fourth-order valence-corrected chi connectivity index (χ4v) is 4.71. The van der Waals surface area contributed by atoms with Gasteiger partial charge >= 0.3 is 0 Å². The number of rotatable bonds is 7. The lowest BCUT2D eigenvalue weighted by Gasteiger charge is -2.36. The maximum atomic E-state index is 13.2. The SMILES string of the molecule is CCN1CCN(C(=O)[C@H](NC(=O)c2cc3n(n2)CCCN(Cc2ccccc2)C3=O)C(C)C)CC1. The van der Waals surface area contributed by atoms with E-state index in [-0.39, 0.29) is 23.4 Å². The summed E-state index contributed by atoms with van der Waals surface area (Å²) in [5.41, 5.74) is 1.64. The topological polar surface area (TPSA) is 90.8 Å². The second kappa shape index (κ2) is 11.0. The van der Waals surface area contributed by atoms with Crippen molar-refractivity contribution in [1.29, 1.82) is 0 Å². The molecule has 0 unspecified atom stereocenters. The summed E-state index contributed by atoms with van der Waals surface area (Å²) in [4.78, 5) is 45.5. The van der Waals surface area contributed by atoms with Crippen LogP contribution in [0.15, 0.2) is 36.4 Å². The zero-order valence-electron chi connectivity index (χ0n) is 20.9. The van der Waals surface area contributed by atoms with E-state index in [1.54, 1.807) is 15.6 Å². The predicted molar refractivity (Wildman–Crippen MR) is 133 cm³/mol. The molecule has 35 heavy (non-hydrogen) atoms. The van der Waals surface area contributed by atoms with Gasteiger partial charge in [0, 0.05) is 51.9 Å². The van der Waals surface area contributed by atoms with Crippen molar-refractivity contribution in [3.63, 3.8) is 0 Å². The van der Waals surface area contributed by atoms with Crippen LogP contribution in [-0.4, -0.2) is 87.5 Å². The summed E-state index contributed by atoms with van der Waals surface area (Å²) in [5, 5.41) is 7.33. The van der Waals surface area contributed by atoms with E-state index in [0.717, 1.165) is 31.6 Å². The molecular formula is C26H36N6O3. The molecular weight excluding hydrogens is 444 g/mol. The molecule has 1 fully saturated rings. The van der Waals surface area contributed by atoms with Crippen molar-refractivity contribution in [2.45, 2.75) is 46.3 Å². The highest BCUT2D eigenvalue weighted by molar-refractivity contribution is 5.99. The molecule has 1 atom stereocenters. The van der Waals surface area contributed by atoms with Gasteiger partial charge in [-0.15, -0.1) is 0 Å². The van der Waals surface area contributed by atoms with Crippen LogP contribution in [0.3, 0.4) is 0 Å². The third kappa shape index (κ3) is 5.73. The second-order valence-electron chi connectivity index (χ2n) is 9.66. The van der Waals surface area contributed by atoms with Gasteiger partial charge in [-0.1, -0.05) is 51.1 Å². The van der Waals surface area contributed by atoms with Crippen LogP contribution in [0.5, 0.6) is 0 Å². The molecule has 0 bridgehead atoms. The minimum Gasteiger partial charge on any atom is -0.339 e. The van der Waals surface area contributed by atoms with E-state index < -0.39 is 11.9 Å². The highest BCUT2D eigenvalue weighted by Gasteiger charge is 2.32. The average molecular weight is 481 g/mol. The third-order valence-corrected chi connectivity index (χ3v) is 6.88. The molecule has 1 saturated heterocycles. The largest absolute Gasteiger partial charge is 0.339 e. The van der Waals surface area contributed by atoms with Crippen molar-refractivity contribution in [2.24, 2.45) is 5.92 Å². The van der Waals surface area contributed by atoms with Crippen LogP contribution in [0.2, 0.25) is 0 Å². The van der Waals surface area contributed by atoms with Crippen LogP contribution in [0, 0.1) is 5.92 Å². The smallest absolute Gasteiger partial charge is 0.272 e. The average Bonchev–Trinajstić information content (AvgIpc) is 3.24. The van der Waals surface area contributed by atoms with Gasteiger partial charge in [0.2, 0.25) is 5.91 Å². The van der Waals surface area contributed by atoms with Crippen molar-refractivity contribution >= 4 is 17.7 Å². The number of nitrogens with one attached hydrogen (secondary N) is 1. The van der Waals surface area contributed by atoms with E-state index in [4.69, 9.17) is 0 Å². The van der Waals surface area contributed by atoms with Crippen LogP contribution in [0.25, 0.3) is 0 Å². The lowest BCUT2D eigenvalue weighted by Crippen LogP contribution is -2.56. The number of carbonyl (C=O) groups is 3. The molecule has 2 aliphatic rings. The zero-order chi connectivity index (χ0) is 24.9. The van der Waals surface area contributed by atoms with Gasteiger partial charge in [0.15, 0.2) is 5.69 Å². The Kier molecular flexibility index (Phi) is 7.85. The molecule has 0 aliphatic carbocycles. The van der Waals surface area contributed by atoms with Gasteiger partial charge in [-0.25, -0.2) is 0 Å². The summed E-state index contributed by atoms with van der Waals surface area (Å²) in [6, 6.07) is 10.8. The van der Waals surface area contributed by atoms with E-state index >= 15 is 0 Å². The number of likely N-dealkylation sites (N-methyl/N-ethyl adjacent to an activating group) is 1. The summed E-state index contributed by atoms with van der Waals surface area (Å²) < 4.78 is 1.62. The number of nitrogens with zero attached hydrogens (tertiary/aromatic N) is 5. The lowest BCUT2D eigenvalue weighted by atomic mass is 10.0. The molecule has 0 saturated carbocycles. The minimum absolute atomic E-state index is 0.0602. The number of hydrogen-bond donors (Lipinski definition) is 1. The van der Waals surface area contributed by atoms with Crippen LogP contribution < -0.4 is 5.32 Å². The van der Waals surface area contributed by atoms with Crippen molar-refractivity contribution in [1.82, 2.24) is 29.8 Å². The number of aromatic nitrogens is 2. The molecule has 188 valence electrons. The van der Waals surface area contributed by atoms with Gasteiger partial charge in [-0.2, -0.15) is 5.10 Å². The maximum absolute atomic E-state index is 13.2. The fraction of sp³-hybridized carbons (Fsp3) is 0.538. The second-order valence-corrected chi connectivity index (χ2v) is 9.66. The Morgan fingerprint density at radius 2 is 1.74 bits per heavy atom. The van der Waals surface area contributed by atoms with Crippen LogP contribution in [0.1, 0.15) is 53.7 Å². The first-order chi connectivity index (χ1) is 16.9. The minimum atomic E-state index is -0.637. The van der Waals surface area contributed by atoms with E-state index in [0.29, 0.717) is 38.4 Å². The van der Waals surface area contributed by atoms with E-state index in [9.17, 15) is 14.4 Å². The molecule has 1 aromatic heterocycles. The van der Waals surface area contributed by atoms with Gasteiger partial charge < -0.3 is 20.0 Å². The fourth-order valence-electron chi connectivity index (χ4n) is 4.71. The van der Waals surface area contributed by atoms with Crippen LogP contribution in [-0.2, 0) is 17.9 Å². The summed E-state index contributed by atoms with van der Waals surface area (Å²) in [5.74, 6) is -0.690. The van der Waals surface area contributed by atoms with E-state index in [1.165, 1.54) is 0 Å². The number of amides is 3. The highest BCUT2D eigenvalue weighted by Crippen LogP contribution is 2.17. The van der Waals surface area contributed by atoms with Crippen molar-refractivity contribution in [3.8, 4) is 0 Å². The summed E-state index contributed by atoms with van der Waals surface area (Å²) >= 11 is 0. The number of carbonyl (C=O) groups excluding carboxylic acids is 3. The molecule has 9 heteroatoms. The molecule has 9 nitrogen and oxygen atoms in total. The molecule has 4 rings (SSSR count). The lowest BCUT2D eigenvalue weighted by molar-refractivity contribution is -0.136. The van der Waals surface area contributed by atoms with Gasteiger partial charge in [0.05, 0.1) is 0 Å². The first-order valence-electron chi connectivity index (χ1n) is 12.6. The Morgan fingerprint density at radius 1 is 1.03 bits per heavy atom. The Labute approximate surface area is 207 Å². The van der Waals surface area contributed by atoms with Crippen molar-refractivity contribution < 1.29 is 14.4 Å². The molecule has 0 spiro atoms. The molecule has 3 amide bonds. The Morgan fingerprint density at radius 3 is 2.40 bits per heavy atom. The summed E-state index contributed by atoms with van der Waals surface area (Å²) in [7, 11) is 0. The number of fused-ring (bicyclic) bond motifs is 1. The molecule has 1 N–H and O–H groups in total. The Bertz CT molecular complexity index is 1040. The summed E-state index contributed by atoms with van der Waals surface area (Å²) in [6.45, 7) is 11.7. The van der Waals surface area contributed by atoms with Gasteiger partial charge in [-0.05, 0) is 24.4 Å². The first-order valence-corrected chi connectivity index (χ1v) is 12.6. The normalized spacial score (nSPS) is 17.8. The monoisotopic (exact) mass is 480 g/mol. The summed E-state index contributed by atoms with van der Waals surface area (Å²) in [6.07, 6.45) is 0.755. The molecule has 2 aromatic rings. The Balaban J connectivity index is 1.45. The van der Waals surface area contributed by atoms with Gasteiger partial charge in [0.1, 0.15) is 11.7 Å². The van der Waals surface area contributed by atoms with Gasteiger partial charge in [0.25, 0.3) is 11.8 Å². The predicted octanol–water partition coefficient (Wildman–Crippen LogP) is 1.85. The quantitative estimate of drug-likeness (QED) is 0.653. The van der Waals surface area contributed by atoms with Crippen LogP contribution in [0.4, 0.5) is 0 Å². The number of piperazine rings is 1. The standard InChI is InChI=1S/C26H36N6O3/c1-4-29-13-15-30(16-14-29)26(35)23(19(2)3)27-24(33)21-17-22-25(34)31(11-8-12-32(22)28-21)18-20-9-6-5-7-10-20/h5-7,9-10,17,19,23H,4,8,11-16,18H2,1-3H3,(H,27,33)/t23-/m1/s1. The molecule has 3 heterocycles. The first kappa shape index (κ1) is 24.9. The third-order valence-electron chi connectivity index (χ3n) is 6.88. The molecule has 2 aliphatic heterocycles. The van der Waals surface area contributed by atoms with E-state index in [2.05, 4.69) is 22.2 Å².